The van der Waals surface area contributed by atoms with Gasteiger partial charge < -0.3 is 9.30 Å². The summed E-state index contributed by atoms with van der Waals surface area (Å²) in [4.78, 5) is 20.8. The Labute approximate surface area is 175 Å². The molecule has 30 heavy (non-hydrogen) atoms. The fourth-order valence-corrected chi connectivity index (χ4v) is 6.94. The molecule has 0 spiro atoms. The van der Waals surface area contributed by atoms with E-state index in [0.29, 0.717) is 17.4 Å². The van der Waals surface area contributed by atoms with Gasteiger partial charge in [-0.25, -0.2) is 19.4 Å². The average Bonchev–Trinajstić information content (AvgIpc) is 3.45. The predicted octanol–water partition coefficient (Wildman–Crippen LogP) is 3.63. The zero-order chi connectivity index (χ0) is 20.3. The number of rotatable bonds is 4. The van der Waals surface area contributed by atoms with E-state index in [1.165, 1.54) is 39.2 Å². The van der Waals surface area contributed by atoms with Crippen molar-refractivity contribution >= 4 is 5.97 Å². The molecular weight excluding hydrogens is 378 g/mol. The molecule has 7 rings (SSSR count). The van der Waals surface area contributed by atoms with Gasteiger partial charge in [0, 0.05) is 23.5 Å². The Bertz CT molecular complexity index is 1070. The molecule has 0 radical (unpaired) electrons. The molecule has 7 heteroatoms. The molecule has 1 aromatic carbocycles. The van der Waals surface area contributed by atoms with E-state index in [-0.39, 0.29) is 17.0 Å². The van der Waals surface area contributed by atoms with Crippen molar-refractivity contribution in [2.75, 3.05) is 7.11 Å². The topological polar surface area (TPSA) is 74.8 Å². The quantitative estimate of drug-likeness (QED) is 0.622. The minimum atomic E-state index is -0.319. The normalized spacial score (nSPS) is 31.8. The van der Waals surface area contributed by atoms with Crippen LogP contribution < -0.4 is 0 Å². The second-order valence-electron chi connectivity index (χ2n) is 9.44. The molecule has 7 nitrogen and oxygen atoms in total. The second kappa shape index (κ2) is 6.27. The highest BCUT2D eigenvalue weighted by molar-refractivity contribution is 5.89. The summed E-state index contributed by atoms with van der Waals surface area (Å²) in [6, 6.07) is 7.57. The van der Waals surface area contributed by atoms with Crippen LogP contribution in [0.5, 0.6) is 0 Å². The third-order valence-corrected chi connectivity index (χ3v) is 7.62. The van der Waals surface area contributed by atoms with Gasteiger partial charge in [0.15, 0.2) is 0 Å². The molecule has 0 amide bonds. The van der Waals surface area contributed by atoms with Crippen LogP contribution in [0.2, 0.25) is 0 Å². The first-order valence-electron chi connectivity index (χ1n) is 10.7. The number of nitrogens with zero attached hydrogens (tertiary/aromatic N) is 5. The molecule has 4 saturated carbocycles. The summed E-state index contributed by atoms with van der Waals surface area (Å²) in [5.74, 6) is 2.09. The van der Waals surface area contributed by atoms with Crippen LogP contribution in [-0.4, -0.2) is 37.4 Å². The first kappa shape index (κ1) is 17.9. The minimum Gasteiger partial charge on any atom is -0.465 e. The van der Waals surface area contributed by atoms with Gasteiger partial charge in [-0.3, -0.25) is 0 Å². The first-order chi connectivity index (χ1) is 14.6. The maximum atomic E-state index is 11.8. The summed E-state index contributed by atoms with van der Waals surface area (Å²) in [6.45, 7) is 0. The summed E-state index contributed by atoms with van der Waals surface area (Å²) in [5, 5.41) is 4.57. The maximum absolute atomic E-state index is 11.8. The molecule has 2 unspecified atom stereocenters. The molecule has 4 aliphatic carbocycles. The molecule has 3 aromatic rings. The Kier molecular flexibility index (Phi) is 3.73. The summed E-state index contributed by atoms with van der Waals surface area (Å²) in [5.41, 5.74) is 1.71. The Balaban J connectivity index is 1.41. The number of imidazole rings is 1. The minimum absolute atomic E-state index is 0.0584. The van der Waals surface area contributed by atoms with Crippen molar-refractivity contribution in [1.29, 1.82) is 0 Å². The van der Waals surface area contributed by atoms with Crippen molar-refractivity contribution in [3.8, 4) is 11.4 Å². The molecule has 4 aliphatic rings. The van der Waals surface area contributed by atoms with Crippen LogP contribution in [0.1, 0.15) is 48.9 Å². The van der Waals surface area contributed by atoms with Crippen LogP contribution in [0.15, 0.2) is 49.3 Å². The van der Waals surface area contributed by atoms with Gasteiger partial charge in [0.1, 0.15) is 18.5 Å². The summed E-state index contributed by atoms with van der Waals surface area (Å²) in [7, 11) is 1.40. The third-order valence-electron chi connectivity index (χ3n) is 7.62. The third kappa shape index (κ3) is 2.50. The van der Waals surface area contributed by atoms with E-state index in [4.69, 9.17) is 9.72 Å². The van der Waals surface area contributed by atoms with Crippen LogP contribution >= 0.6 is 0 Å². The lowest BCUT2D eigenvalue weighted by atomic mass is 9.49. The Hall–Kier alpha value is -2.96. The molecule has 0 aliphatic heterocycles. The second-order valence-corrected chi connectivity index (χ2v) is 9.44. The van der Waals surface area contributed by atoms with Gasteiger partial charge in [-0.1, -0.05) is 12.1 Å². The molecule has 4 bridgehead atoms. The van der Waals surface area contributed by atoms with Crippen molar-refractivity contribution in [2.45, 2.75) is 49.6 Å². The van der Waals surface area contributed by atoms with Gasteiger partial charge in [0.2, 0.25) is 0 Å². The smallest absolute Gasteiger partial charge is 0.337 e. The van der Waals surface area contributed by atoms with Gasteiger partial charge in [-0.15, -0.1) is 0 Å². The van der Waals surface area contributed by atoms with E-state index in [1.54, 1.807) is 6.33 Å². The summed E-state index contributed by atoms with van der Waals surface area (Å²) in [6.07, 6.45) is 14.8. The van der Waals surface area contributed by atoms with E-state index in [9.17, 15) is 4.79 Å². The predicted molar refractivity (Wildman–Crippen MR) is 110 cm³/mol. The van der Waals surface area contributed by atoms with E-state index in [0.717, 1.165) is 17.8 Å². The molecule has 2 aromatic heterocycles. The highest BCUT2D eigenvalue weighted by Gasteiger charge is 2.60. The molecule has 0 saturated heterocycles. The number of methoxy groups -OCH3 is 1. The number of carbonyl (C=O) groups excluding carboxylic acids is 1. The Morgan fingerprint density at radius 3 is 2.50 bits per heavy atom. The van der Waals surface area contributed by atoms with Gasteiger partial charge in [0.05, 0.1) is 18.2 Å². The summed E-state index contributed by atoms with van der Waals surface area (Å²) < 4.78 is 9.39. The van der Waals surface area contributed by atoms with E-state index in [1.807, 2.05) is 36.8 Å². The number of esters is 1. The summed E-state index contributed by atoms with van der Waals surface area (Å²) >= 11 is 0. The maximum Gasteiger partial charge on any atom is 0.337 e. The highest BCUT2D eigenvalue weighted by atomic mass is 16.5. The SMILES string of the molecule is COC(=O)c1ccc(-c2nccn2C23CC4CC(CC(n5cncn5)(C4)C2)C3)cc1. The van der Waals surface area contributed by atoms with Crippen molar-refractivity contribution in [3.05, 3.63) is 54.9 Å². The van der Waals surface area contributed by atoms with E-state index < -0.39 is 0 Å². The zero-order valence-corrected chi connectivity index (χ0v) is 17.1. The van der Waals surface area contributed by atoms with Crippen molar-refractivity contribution in [2.24, 2.45) is 11.8 Å². The lowest BCUT2D eigenvalue weighted by molar-refractivity contribution is -0.0968. The lowest BCUT2D eigenvalue weighted by Gasteiger charge is -2.62. The monoisotopic (exact) mass is 403 g/mol. The highest BCUT2D eigenvalue weighted by Crippen LogP contribution is 2.63. The van der Waals surface area contributed by atoms with Crippen molar-refractivity contribution in [3.63, 3.8) is 0 Å². The largest absolute Gasteiger partial charge is 0.465 e. The molecule has 2 heterocycles. The number of ether oxygens (including phenoxy) is 1. The van der Waals surface area contributed by atoms with E-state index >= 15 is 0 Å². The van der Waals surface area contributed by atoms with Crippen LogP contribution in [0.3, 0.4) is 0 Å². The fraction of sp³-hybridized carbons (Fsp3) is 0.478. The van der Waals surface area contributed by atoms with Crippen LogP contribution in [-0.2, 0) is 15.8 Å². The number of carbonyl (C=O) groups is 1. The fourth-order valence-electron chi connectivity index (χ4n) is 6.94. The zero-order valence-electron chi connectivity index (χ0n) is 17.1. The van der Waals surface area contributed by atoms with Crippen LogP contribution in [0, 0.1) is 11.8 Å². The Morgan fingerprint density at radius 1 is 1.10 bits per heavy atom. The van der Waals surface area contributed by atoms with E-state index in [2.05, 4.69) is 25.5 Å². The standard InChI is InChI=1S/C23H25N5O2/c1-30-21(29)19-4-2-18(3-5-19)20-25-6-7-27(20)22-9-16-8-17(10-22)12-23(11-16,13-22)28-15-24-14-26-28/h2-7,14-17H,8-13H2,1H3. The molecule has 4 fully saturated rings. The van der Waals surface area contributed by atoms with Gasteiger partial charge >= 0.3 is 5.97 Å². The number of benzene rings is 1. The molecule has 154 valence electrons. The molecule has 2 atom stereocenters. The number of hydrogen-bond donors (Lipinski definition) is 0. The number of aromatic nitrogens is 5. The van der Waals surface area contributed by atoms with Crippen LogP contribution in [0.4, 0.5) is 0 Å². The van der Waals surface area contributed by atoms with Gasteiger partial charge in [-0.05, 0) is 62.5 Å². The van der Waals surface area contributed by atoms with Crippen molar-refractivity contribution in [1.82, 2.24) is 24.3 Å². The van der Waals surface area contributed by atoms with Crippen molar-refractivity contribution < 1.29 is 9.53 Å². The average molecular weight is 403 g/mol. The molecular formula is C23H25N5O2. The number of hydrogen-bond acceptors (Lipinski definition) is 5. The van der Waals surface area contributed by atoms with Gasteiger partial charge in [0.25, 0.3) is 0 Å². The Morgan fingerprint density at radius 2 is 1.83 bits per heavy atom. The molecule has 0 N–H and O–H groups in total. The van der Waals surface area contributed by atoms with Crippen LogP contribution in [0.25, 0.3) is 11.4 Å². The van der Waals surface area contributed by atoms with Gasteiger partial charge in [-0.2, -0.15) is 5.10 Å². The first-order valence-corrected chi connectivity index (χ1v) is 10.7. The lowest BCUT2D eigenvalue weighted by Crippen LogP contribution is -2.60.